The summed E-state index contributed by atoms with van der Waals surface area (Å²) in [6.45, 7) is 9.45. The monoisotopic (exact) mass is 674 g/mol. The Kier molecular flexibility index (Phi) is 10.3. The summed E-state index contributed by atoms with van der Waals surface area (Å²) in [4.78, 5) is 38.1. The van der Waals surface area contributed by atoms with Crippen LogP contribution in [-0.2, 0) is 19.0 Å². The number of hydrogen-bond donors (Lipinski definition) is 0. The van der Waals surface area contributed by atoms with Gasteiger partial charge in [0.05, 0.1) is 30.1 Å². The van der Waals surface area contributed by atoms with Crippen molar-refractivity contribution < 1.29 is 32.6 Å². The number of methoxy groups -OCH3 is 1. The molecule has 3 aliphatic heterocycles. The normalized spacial score (nSPS) is 25.5. The van der Waals surface area contributed by atoms with Crippen LogP contribution in [0.4, 0.5) is 8.78 Å². The van der Waals surface area contributed by atoms with Gasteiger partial charge in [-0.3, -0.25) is 19.6 Å². The lowest BCUT2D eigenvalue weighted by Crippen LogP contribution is -2.60. The number of likely N-dealkylation sites (tertiary alicyclic amines) is 2. The van der Waals surface area contributed by atoms with Gasteiger partial charge < -0.3 is 24.0 Å². The highest BCUT2D eigenvalue weighted by Gasteiger charge is 2.57. The summed E-state index contributed by atoms with van der Waals surface area (Å²) in [5.74, 6) is -1.47. The maximum Gasteiger partial charge on any atom is 0.265 e. The van der Waals surface area contributed by atoms with E-state index >= 15 is 0 Å². The molecule has 1 spiro atoms. The molecule has 0 aromatic carbocycles. The van der Waals surface area contributed by atoms with Crippen LogP contribution < -0.4 is 0 Å². The van der Waals surface area contributed by atoms with Gasteiger partial charge in [-0.2, -0.15) is 0 Å². The third-order valence-corrected chi connectivity index (χ3v) is 11.5. The molecule has 2 atom stereocenters. The maximum absolute atomic E-state index is 13.2. The number of carbonyl (C=O) groups is 2. The number of alkyl halides is 2. The first-order valence-electron chi connectivity index (χ1n) is 17.0. The molecule has 9 nitrogen and oxygen atoms in total. The number of rotatable bonds is 8. The van der Waals surface area contributed by atoms with Gasteiger partial charge in [-0.25, -0.2) is 8.78 Å². The predicted octanol–water partition coefficient (Wildman–Crippen LogP) is 6.12. The summed E-state index contributed by atoms with van der Waals surface area (Å²) in [5.41, 5.74) is 3.95. The SMILES string of the molecule is CC1(C)CC1C(=O)N1CC2(CCN(C(=O)c3cncs3)C2)C1.COC(COC1CCC(F)(F)CC1)c1cccc(C2CCOCC2)n1. The molecule has 0 N–H and O–H groups in total. The summed E-state index contributed by atoms with van der Waals surface area (Å²) >= 11 is 1.39. The minimum Gasteiger partial charge on any atom is -0.381 e. The molecule has 3 saturated heterocycles. The van der Waals surface area contributed by atoms with Crippen molar-refractivity contribution in [2.24, 2.45) is 16.7 Å². The molecule has 2 aromatic heterocycles. The van der Waals surface area contributed by atoms with Gasteiger partial charge in [0.2, 0.25) is 11.8 Å². The summed E-state index contributed by atoms with van der Waals surface area (Å²) in [5, 5.41) is 0. The van der Waals surface area contributed by atoms with Crippen LogP contribution in [0, 0.1) is 16.7 Å². The van der Waals surface area contributed by atoms with Gasteiger partial charge in [0.25, 0.3) is 5.91 Å². The fourth-order valence-electron chi connectivity index (χ4n) is 7.42. The minimum absolute atomic E-state index is 0.0903. The summed E-state index contributed by atoms with van der Waals surface area (Å²) in [6, 6.07) is 5.99. The van der Waals surface area contributed by atoms with E-state index in [0.29, 0.717) is 36.2 Å². The van der Waals surface area contributed by atoms with Gasteiger partial charge in [0.15, 0.2) is 0 Å². The molecule has 0 radical (unpaired) electrons. The molecule has 2 saturated carbocycles. The van der Waals surface area contributed by atoms with E-state index in [9.17, 15) is 18.4 Å². The van der Waals surface area contributed by atoms with Crippen LogP contribution >= 0.6 is 11.3 Å². The zero-order valence-corrected chi connectivity index (χ0v) is 28.6. The molecule has 7 rings (SSSR count). The predicted molar refractivity (Wildman–Crippen MR) is 173 cm³/mol. The molecule has 5 heterocycles. The van der Waals surface area contributed by atoms with E-state index < -0.39 is 5.92 Å². The molecule has 47 heavy (non-hydrogen) atoms. The van der Waals surface area contributed by atoms with E-state index in [0.717, 1.165) is 76.5 Å². The molecular weight excluding hydrogens is 626 g/mol. The highest BCUT2D eigenvalue weighted by atomic mass is 32.1. The van der Waals surface area contributed by atoms with Crippen LogP contribution in [0.25, 0.3) is 0 Å². The molecule has 2 aliphatic carbocycles. The van der Waals surface area contributed by atoms with Gasteiger partial charge in [-0.15, -0.1) is 11.3 Å². The first-order chi connectivity index (χ1) is 22.5. The van der Waals surface area contributed by atoms with Gasteiger partial charge in [0.1, 0.15) is 11.0 Å². The van der Waals surface area contributed by atoms with Crippen molar-refractivity contribution in [1.29, 1.82) is 0 Å². The lowest BCUT2D eigenvalue weighted by Gasteiger charge is -2.48. The number of thiazole rings is 1. The third kappa shape index (κ3) is 8.20. The van der Waals surface area contributed by atoms with E-state index in [1.54, 1.807) is 18.8 Å². The van der Waals surface area contributed by atoms with Gasteiger partial charge >= 0.3 is 0 Å². The Balaban J connectivity index is 0.000000165. The highest BCUT2D eigenvalue weighted by Crippen LogP contribution is 2.54. The molecule has 5 fully saturated rings. The fraction of sp³-hybridized carbons (Fsp3) is 0.714. The number of aromatic nitrogens is 2. The van der Waals surface area contributed by atoms with Crippen LogP contribution in [0.1, 0.15) is 98.3 Å². The first kappa shape index (κ1) is 34.3. The van der Waals surface area contributed by atoms with E-state index in [1.807, 2.05) is 21.9 Å². The zero-order valence-electron chi connectivity index (χ0n) is 27.8. The molecule has 2 aromatic rings. The summed E-state index contributed by atoms with van der Waals surface area (Å²) in [6.07, 6.45) is 5.88. The van der Waals surface area contributed by atoms with E-state index in [2.05, 4.69) is 24.9 Å². The average molecular weight is 675 g/mol. The molecule has 2 unspecified atom stereocenters. The molecule has 2 amide bonds. The van der Waals surface area contributed by atoms with Crippen molar-refractivity contribution in [1.82, 2.24) is 19.8 Å². The minimum atomic E-state index is -2.53. The Labute approximate surface area is 280 Å². The number of nitrogens with zero attached hydrogens (tertiary/aromatic N) is 4. The Hall–Kier alpha value is -2.54. The van der Waals surface area contributed by atoms with Crippen molar-refractivity contribution in [3.05, 3.63) is 46.2 Å². The summed E-state index contributed by atoms with van der Waals surface area (Å²) in [7, 11) is 1.63. The lowest BCUT2D eigenvalue weighted by atomic mass is 9.78. The van der Waals surface area contributed by atoms with E-state index in [1.165, 1.54) is 11.3 Å². The second-order valence-electron chi connectivity index (χ2n) is 14.8. The van der Waals surface area contributed by atoms with Crippen LogP contribution in [0.3, 0.4) is 0 Å². The van der Waals surface area contributed by atoms with Crippen molar-refractivity contribution in [3.8, 4) is 0 Å². The van der Waals surface area contributed by atoms with Gasteiger partial charge in [-0.1, -0.05) is 19.9 Å². The number of carbonyl (C=O) groups excluding carboxylic acids is 2. The van der Waals surface area contributed by atoms with Crippen molar-refractivity contribution in [3.63, 3.8) is 0 Å². The molecular formula is C35H48F2N4O5S. The fourth-order valence-corrected chi connectivity index (χ4v) is 8.01. The van der Waals surface area contributed by atoms with Crippen LogP contribution in [0.5, 0.6) is 0 Å². The number of halogens is 2. The quantitative estimate of drug-likeness (QED) is 0.333. The molecule has 12 heteroatoms. The largest absolute Gasteiger partial charge is 0.381 e. The number of pyridine rings is 1. The molecule has 5 aliphatic rings. The van der Waals surface area contributed by atoms with Crippen molar-refractivity contribution in [2.75, 3.05) is 53.1 Å². The number of hydrogen-bond acceptors (Lipinski definition) is 8. The maximum atomic E-state index is 13.2. The summed E-state index contributed by atoms with van der Waals surface area (Å²) < 4.78 is 43.3. The van der Waals surface area contributed by atoms with Crippen LogP contribution in [0.2, 0.25) is 0 Å². The van der Waals surface area contributed by atoms with Crippen LogP contribution in [0.15, 0.2) is 29.9 Å². The Morgan fingerprint density at radius 2 is 1.77 bits per heavy atom. The number of ether oxygens (including phenoxy) is 3. The third-order valence-electron chi connectivity index (χ3n) is 10.7. The smallest absolute Gasteiger partial charge is 0.265 e. The highest BCUT2D eigenvalue weighted by molar-refractivity contribution is 7.11. The second kappa shape index (κ2) is 14.1. The Morgan fingerprint density at radius 3 is 2.40 bits per heavy atom. The Morgan fingerprint density at radius 1 is 1.06 bits per heavy atom. The average Bonchev–Trinajstić information content (AvgIpc) is 3.44. The van der Waals surface area contributed by atoms with Gasteiger partial charge in [-0.05, 0) is 56.1 Å². The van der Waals surface area contributed by atoms with E-state index in [4.69, 9.17) is 19.2 Å². The topological polar surface area (TPSA) is 94.1 Å². The first-order valence-corrected chi connectivity index (χ1v) is 17.9. The molecule has 258 valence electrons. The standard InChI is InChI=1S/C19H27F2NO3.C16H21N3O2S/c1-23-18(13-25-15-5-9-19(20,21)10-6-15)17-4-2-3-16(22-17)14-7-11-24-12-8-14;1-15(2)5-11(15)13(20)19-8-16(9-19)3-4-18(7-16)14(21)12-6-17-10-22-12/h2-4,14-15,18H,5-13H2,1H3;6,10-11H,3-5,7-9H2,1-2H3. The van der Waals surface area contributed by atoms with Gasteiger partial charge in [0, 0.05) is 82.3 Å². The zero-order chi connectivity index (χ0) is 33.2. The Bertz CT molecular complexity index is 1370. The van der Waals surface area contributed by atoms with Crippen molar-refractivity contribution >= 4 is 23.2 Å². The van der Waals surface area contributed by atoms with E-state index in [-0.39, 0.29) is 47.7 Å². The number of amides is 2. The lowest BCUT2D eigenvalue weighted by molar-refractivity contribution is -0.144. The molecule has 0 bridgehead atoms. The van der Waals surface area contributed by atoms with Crippen LogP contribution in [-0.4, -0.2) is 96.7 Å². The second-order valence-corrected chi connectivity index (χ2v) is 15.7. The van der Waals surface area contributed by atoms with Crippen molar-refractivity contribution in [2.45, 2.75) is 89.3 Å².